The molecule has 0 aliphatic heterocycles. The Hall–Kier alpha value is -1.53. The summed E-state index contributed by atoms with van der Waals surface area (Å²) in [6.45, 7) is -0.875. The Balaban J connectivity index is 2.01. The largest absolute Gasteiger partial charge is 0.435 e. The van der Waals surface area contributed by atoms with Crippen molar-refractivity contribution in [2.24, 2.45) is 5.73 Å². The highest BCUT2D eigenvalue weighted by Gasteiger charge is 2.10. The van der Waals surface area contributed by atoms with Crippen molar-refractivity contribution < 1.29 is 13.5 Å². The molecule has 1 aromatic carbocycles. The van der Waals surface area contributed by atoms with E-state index in [4.69, 9.17) is 5.73 Å². The van der Waals surface area contributed by atoms with Gasteiger partial charge in [0.05, 0.1) is 5.01 Å². The van der Waals surface area contributed by atoms with E-state index in [-0.39, 0.29) is 11.8 Å². The van der Waals surface area contributed by atoms with Crippen LogP contribution in [0, 0.1) is 6.92 Å². The van der Waals surface area contributed by atoms with Crippen molar-refractivity contribution in [1.29, 1.82) is 0 Å². The zero-order valence-corrected chi connectivity index (χ0v) is 11.2. The number of alkyl halides is 2. The number of hydrogen-bond donors (Lipinski definition) is 1. The van der Waals surface area contributed by atoms with E-state index in [2.05, 4.69) is 9.72 Å². The zero-order chi connectivity index (χ0) is 13.8. The molecule has 0 saturated carbocycles. The van der Waals surface area contributed by atoms with E-state index in [1.165, 1.54) is 12.1 Å². The van der Waals surface area contributed by atoms with Crippen LogP contribution in [0.1, 0.15) is 22.3 Å². The minimum atomic E-state index is -2.81. The fraction of sp³-hybridized carbons (Fsp3) is 0.308. The molecule has 3 nitrogen and oxygen atoms in total. The molecule has 1 aromatic heterocycles. The summed E-state index contributed by atoms with van der Waals surface area (Å²) in [7, 11) is 0. The van der Waals surface area contributed by atoms with Crippen molar-refractivity contribution in [3.63, 3.8) is 0 Å². The molecule has 2 aromatic rings. The van der Waals surface area contributed by atoms with Gasteiger partial charge in [0.15, 0.2) is 0 Å². The molecular formula is C13H14F2N2OS. The monoisotopic (exact) mass is 284 g/mol. The van der Waals surface area contributed by atoms with Crippen molar-refractivity contribution in [1.82, 2.24) is 4.98 Å². The van der Waals surface area contributed by atoms with E-state index < -0.39 is 6.61 Å². The molecule has 102 valence electrons. The van der Waals surface area contributed by atoms with Crippen LogP contribution in [-0.2, 0) is 6.42 Å². The van der Waals surface area contributed by atoms with Gasteiger partial charge in [0.2, 0.25) is 0 Å². The van der Waals surface area contributed by atoms with Crippen LogP contribution in [0.4, 0.5) is 8.78 Å². The first-order chi connectivity index (χ1) is 9.04. The number of thiazole rings is 1. The lowest BCUT2D eigenvalue weighted by Crippen LogP contribution is -2.13. The average molecular weight is 284 g/mol. The smallest absolute Gasteiger partial charge is 0.387 e. The van der Waals surface area contributed by atoms with Gasteiger partial charge in [-0.2, -0.15) is 8.78 Å². The van der Waals surface area contributed by atoms with E-state index in [0.29, 0.717) is 6.42 Å². The molecule has 19 heavy (non-hydrogen) atoms. The van der Waals surface area contributed by atoms with Crippen LogP contribution >= 0.6 is 11.3 Å². The summed E-state index contributed by atoms with van der Waals surface area (Å²) in [5.41, 5.74) is 7.91. The Morgan fingerprint density at radius 1 is 1.32 bits per heavy atom. The maximum atomic E-state index is 12.0. The molecule has 0 saturated heterocycles. The highest BCUT2D eigenvalue weighted by Crippen LogP contribution is 2.22. The number of nitrogens with zero attached hydrogens (tertiary/aromatic N) is 1. The molecule has 0 aliphatic carbocycles. The molecular weight excluding hydrogens is 270 g/mol. The highest BCUT2D eigenvalue weighted by molar-refractivity contribution is 7.09. The van der Waals surface area contributed by atoms with Gasteiger partial charge in [0.25, 0.3) is 0 Å². The zero-order valence-electron chi connectivity index (χ0n) is 10.3. The number of aromatic nitrogens is 1. The van der Waals surface area contributed by atoms with Gasteiger partial charge in [-0.3, -0.25) is 0 Å². The number of nitrogens with two attached hydrogens (primary N) is 1. The second-order valence-electron chi connectivity index (χ2n) is 4.14. The van der Waals surface area contributed by atoms with Crippen LogP contribution in [0.15, 0.2) is 29.6 Å². The molecule has 2 rings (SSSR count). The lowest BCUT2D eigenvalue weighted by atomic mass is 10.1. The number of ether oxygens (including phenoxy) is 1. The maximum absolute atomic E-state index is 12.0. The van der Waals surface area contributed by atoms with Crippen molar-refractivity contribution in [2.45, 2.75) is 26.0 Å². The average Bonchev–Trinajstić information content (AvgIpc) is 2.75. The molecule has 2 N–H and O–H groups in total. The quantitative estimate of drug-likeness (QED) is 0.916. The Kier molecular flexibility index (Phi) is 4.44. The Bertz CT molecular complexity index is 528. The number of aryl methyl sites for hydroxylation is 1. The van der Waals surface area contributed by atoms with E-state index in [9.17, 15) is 8.78 Å². The van der Waals surface area contributed by atoms with Gasteiger partial charge >= 0.3 is 6.61 Å². The molecule has 0 amide bonds. The standard InChI is InChI=1S/C13H14F2N2OS/c1-8-7-19-12(17-8)6-11(16)9-2-4-10(5-3-9)18-13(14)15/h2-5,7,11,13H,6,16H2,1H3. The van der Waals surface area contributed by atoms with Crippen LogP contribution in [0.3, 0.4) is 0 Å². The molecule has 0 radical (unpaired) electrons. The highest BCUT2D eigenvalue weighted by atomic mass is 32.1. The maximum Gasteiger partial charge on any atom is 0.387 e. The van der Waals surface area contributed by atoms with E-state index in [1.807, 2.05) is 12.3 Å². The summed E-state index contributed by atoms with van der Waals surface area (Å²) in [5, 5.41) is 2.94. The normalized spacial score (nSPS) is 12.7. The summed E-state index contributed by atoms with van der Waals surface area (Å²) in [4.78, 5) is 4.35. The second kappa shape index (κ2) is 6.08. The first-order valence-electron chi connectivity index (χ1n) is 5.76. The summed E-state index contributed by atoms with van der Waals surface area (Å²) < 4.78 is 28.3. The fourth-order valence-corrected chi connectivity index (χ4v) is 2.53. The van der Waals surface area contributed by atoms with Gasteiger partial charge in [-0.1, -0.05) is 12.1 Å². The van der Waals surface area contributed by atoms with Gasteiger partial charge < -0.3 is 10.5 Å². The minimum absolute atomic E-state index is 0.135. The first-order valence-corrected chi connectivity index (χ1v) is 6.64. The second-order valence-corrected chi connectivity index (χ2v) is 5.08. The van der Waals surface area contributed by atoms with Crippen LogP contribution in [0.25, 0.3) is 0 Å². The van der Waals surface area contributed by atoms with E-state index >= 15 is 0 Å². The molecule has 0 aliphatic rings. The molecule has 1 atom stereocenters. The third kappa shape index (κ3) is 3.97. The van der Waals surface area contributed by atoms with E-state index in [1.54, 1.807) is 23.5 Å². The van der Waals surface area contributed by atoms with Gasteiger partial charge in [-0.25, -0.2) is 4.98 Å². The van der Waals surface area contributed by atoms with Crippen LogP contribution in [0.2, 0.25) is 0 Å². The van der Waals surface area contributed by atoms with Gasteiger partial charge in [0, 0.05) is 23.5 Å². The van der Waals surface area contributed by atoms with Crippen molar-refractivity contribution in [3.8, 4) is 5.75 Å². The molecule has 1 unspecified atom stereocenters. The first kappa shape index (κ1) is 13.9. The third-order valence-corrected chi connectivity index (χ3v) is 3.58. The summed E-state index contributed by atoms with van der Waals surface area (Å²) >= 11 is 1.57. The Morgan fingerprint density at radius 2 is 2.00 bits per heavy atom. The van der Waals surface area contributed by atoms with E-state index in [0.717, 1.165) is 16.3 Å². The predicted octanol–water partition coefficient (Wildman–Crippen LogP) is 3.30. The summed E-state index contributed by atoms with van der Waals surface area (Å²) in [6.07, 6.45) is 0.632. The van der Waals surface area contributed by atoms with Gasteiger partial charge in [0.1, 0.15) is 5.75 Å². The Morgan fingerprint density at radius 3 is 2.53 bits per heavy atom. The fourth-order valence-electron chi connectivity index (χ4n) is 1.70. The van der Waals surface area contributed by atoms with Crippen LogP contribution in [0.5, 0.6) is 5.75 Å². The van der Waals surface area contributed by atoms with Crippen molar-refractivity contribution >= 4 is 11.3 Å². The summed E-state index contributed by atoms with van der Waals surface area (Å²) in [6, 6.07) is 6.18. The van der Waals surface area contributed by atoms with Gasteiger partial charge in [-0.05, 0) is 24.6 Å². The third-order valence-electron chi connectivity index (χ3n) is 2.59. The topological polar surface area (TPSA) is 48.1 Å². The molecule has 0 spiro atoms. The minimum Gasteiger partial charge on any atom is -0.435 e. The molecule has 6 heteroatoms. The number of halogens is 2. The predicted molar refractivity (Wildman–Crippen MR) is 70.6 cm³/mol. The molecule has 0 bridgehead atoms. The Labute approximate surface area is 114 Å². The van der Waals surface area contributed by atoms with Crippen LogP contribution in [-0.4, -0.2) is 11.6 Å². The van der Waals surface area contributed by atoms with Crippen molar-refractivity contribution in [3.05, 3.63) is 45.9 Å². The molecule has 0 fully saturated rings. The number of rotatable bonds is 5. The lowest BCUT2D eigenvalue weighted by molar-refractivity contribution is -0.0498. The lowest BCUT2D eigenvalue weighted by Gasteiger charge is -2.11. The van der Waals surface area contributed by atoms with Crippen molar-refractivity contribution in [2.75, 3.05) is 0 Å². The van der Waals surface area contributed by atoms with Gasteiger partial charge in [-0.15, -0.1) is 11.3 Å². The SMILES string of the molecule is Cc1csc(CC(N)c2ccc(OC(F)F)cc2)n1. The summed E-state index contributed by atoms with van der Waals surface area (Å²) in [5.74, 6) is 0.135. The molecule has 1 heterocycles. The number of hydrogen-bond acceptors (Lipinski definition) is 4. The number of benzene rings is 1. The van der Waals surface area contributed by atoms with Crippen LogP contribution < -0.4 is 10.5 Å².